The number of hydrogen-bond acceptors (Lipinski definition) is 3. The molecule has 0 aromatic heterocycles. The quantitative estimate of drug-likeness (QED) is 0.884. The Balaban J connectivity index is 1.91. The van der Waals surface area contributed by atoms with Gasteiger partial charge in [0.25, 0.3) is 0 Å². The standard InChI is InChI=1S/C15H23FN2O/c1-12-11-18(9-10-19-12)8-7-15(17-2)13-5-3-4-6-14(13)16/h3-6,12,15,17H,7-11H2,1-2H3. The van der Waals surface area contributed by atoms with Crippen LogP contribution >= 0.6 is 0 Å². The highest BCUT2D eigenvalue weighted by molar-refractivity contribution is 5.21. The van der Waals surface area contributed by atoms with Crippen LogP contribution in [-0.4, -0.2) is 44.3 Å². The van der Waals surface area contributed by atoms with E-state index in [1.807, 2.05) is 19.2 Å². The molecule has 0 amide bonds. The molecule has 1 aliphatic heterocycles. The maximum atomic E-state index is 13.8. The Morgan fingerprint density at radius 3 is 2.95 bits per heavy atom. The van der Waals surface area contributed by atoms with Gasteiger partial charge in [-0.15, -0.1) is 0 Å². The first-order valence-electron chi connectivity index (χ1n) is 6.96. The van der Waals surface area contributed by atoms with E-state index in [0.717, 1.165) is 38.2 Å². The third-order valence-corrected chi connectivity index (χ3v) is 3.69. The minimum atomic E-state index is -0.128. The molecule has 2 atom stereocenters. The summed E-state index contributed by atoms with van der Waals surface area (Å²) < 4.78 is 19.3. The summed E-state index contributed by atoms with van der Waals surface area (Å²) in [6.45, 7) is 5.79. The zero-order chi connectivity index (χ0) is 13.7. The van der Waals surface area contributed by atoms with Crippen LogP contribution in [0.5, 0.6) is 0 Å². The van der Waals surface area contributed by atoms with Gasteiger partial charge in [-0.3, -0.25) is 4.90 Å². The Labute approximate surface area is 114 Å². The van der Waals surface area contributed by atoms with Gasteiger partial charge in [0.05, 0.1) is 12.7 Å². The number of nitrogens with zero attached hydrogens (tertiary/aromatic N) is 1. The van der Waals surface area contributed by atoms with Crippen LogP contribution in [0.15, 0.2) is 24.3 Å². The number of rotatable bonds is 5. The highest BCUT2D eigenvalue weighted by Crippen LogP contribution is 2.20. The van der Waals surface area contributed by atoms with E-state index in [-0.39, 0.29) is 11.9 Å². The van der Waals surface area contributed by atoms with Crippen LogP contribution in [0.2, 0.25) is 0 Å². The molecule has 1 saturated heterocycles. The zero-order valence-corrected chi connectivity index (χ0v) is 11.7. The predicted molar refractivity (Wildman–Crippen MR) is 74.7 cm³/mol. The number of ether oxygens (including phenoxy) is 1. The number of nitrogens with one attached hydrogen (secondary N) is 1. The molecule has 0 bridgehead atoms. The van der Waals surface area contributed by atoms with E-state index in [0.29, 0.717) is 6.10 Å². The first kappa shape index (κ1) is 14.4. The van der Waals surface area contributed by atoms with Crippen LogP contribution in [-0.2, 0) is 4.74 Å². The van der Waals surface area contributed by atoms with Crippen molar-refractivity contribution in [1.82, 2.24) is 10.2 Å². The minimum absolute atomic E-state index is 0.0688. The average molecular weight is 266 g/mol. The Morgan fingerprint density at radius 1 is 1.47 bits per heavy atom. The average Bonchev–Trinajstić information content (AvgIpc) is 2.41. The van der Waals surface area contributed by atoms with E-state index in [4.69, 9.17) is 4.74 Å². The second-order valence-corrected chi connectivity index (χ2v) is 5.13. The molecule has 0 aliphatic carbocycles. The molecule has 0 spiro atoms. The van der Waals surface area contributed by atoms with Crippen LogP contribution in [0, 0.1) is 5.82 Å². The van der Waals surface area contributed by atoms with E-state index in [1.165, 1.54) is 6.07 Å². The number of halogens is 1. The molecule has 1 aromatic carbocycles. The third-order valence-electron chi connectivity index (χ3n) is 3.69. The molecule has 0 saturated carbocycles. The van der Waals surface area contributed by atoms with Gasteiger partial charge < -0.3 is 10.1 Å². The molecule has 1 aliphatic rings. The Kier molecular flexibility index (Phi) is 5.31. The molecule has 4 heteroatoms. The van der Waals surface area contributed by atoms with Crippen LogP contribution < -0.4 is 5.32 Å². The monoisotopic (exact) mass is 266 g/mol. The van der Waals surface area contributed by atoms with Crippen molar-refractivity contribution in [3.8, 4) is 0 Å². The molecule has 2 unspecified atom stereocenters. The highest BCUT2D eigenvalue weighted by atomic mass is 19.1. The van der Waals surface area contributed by atoms with Gasteiger partial charge in [0.1, 0.15) is 5.82 Å². The fraction of sp³-hybridized carbons (Fsp3) is 0.600. The summed E-state index contributed by atoms with van der Waals surface area (Å²) in [5.74, 6) is -0.128. The summed E-state index contributed by atoms with van der Waals surface area (Å²) in [6, 6.07) is 7.07. The lowest BCUT2D eigenvalue weighted by atomic mass is 10.0. The lowest BCUT2D eigenvalue weighted by Gasteiger charge is -2.32. The van der Waals surface area contributed by atoms with Gasteiger partial charge in [-0.05, 0) is 26.5 Å². The van der Waals surface area contributed by atoms with Crippen molar-refractivity contribution in [2.75, 3.05) is 33.3 Å². The fourth-order valence-electron chi connectivity index (χ4n) is 2.62. The molecule has 0 radical (unpaired) electrons. The second-order valence-electron chi connectivity index (χ2n) is 5.13. The van der Waals surface area contributed by atoms with E-state index in [2.05, 4.69) is 17.1 Å². The fourth-order valence-corrected chi connectivity index (χ4v) is 2.62. The van der Waals surface area contributed by atoms with Crippen molar-refractivity contribution >= 4 is 0 Å². The van der Waals surface area contributed by atoms with Crippen LogP contribution in [0.3, 0.4) is 0 Å². The molecular weight excluding hydrogens is 243 g/mol. The molecule has 1 aromatic rings. The zero-order valence-electron chi connectivity index (χ0n) is 11.7. The normalized spacial score (nSPS) is 22.4. The summed E-state index contributed by atoms with van der Waals surface area (Å²) in [6.07, 6.45) is 1.21. The third kappa shape index (κ3) is 4.00. The molecule has 1 heterocycles. The van der Waals surface area contributed by atoms with Crippen molar-refractivity contribution in [2.45, 2.75) is 25.5 Å². The van der Waals surface area contributed by atoms with Gasteiger partial charge in [0, 0.05) is 31.2 Å². The number of morpholine rings is 1. The van der Waals surface area contributed by atoms with Crippen molar-refractivity contribution in [1.29, 1.82) is 0 Å². The van der Waals surface area contributed by atoms with Crippen molar-refractivity contribution < 1.29 is 9.13 Å². The first-order chi connectivity index (χ1) is 9.20. The van der Waals surface area contributed by atoms with Gasteiger partial charge in [-0.2, -0.15) is 0 Å². The maximum Gasteiger partial charge on any atom is 0.127 e. The Morgan fingerprint density at radius 2 is 2.26 bits per heavy atom. The van der Waals surface area contributed by atoms with Gasteiger partial charge in [0.15, 0.2) is 0 Å². The highest BCUT2D eigenvalue weighted by Gasteiger charge is 2.19. The predicted octanol–water partition coefficient (Wildman–Crippen LogP) is 2.20. The summed E-state index contributed by atoms with van der Waals surface area (Å²) >= 11 is 0. The van der Waals surface area contributed by atoms with Gasteiger partial charge in [-0.1, -0.05) is 18.2 Å². The van der Waals surface area contributed by atoms with Gasteiger partial charge in [0.2, 0.25) is 0 Å². The molecule has 106 valence electrons. The van der Waals surface area contributed by atoms with E-state index in [1.54, 1.807) is 6.07 Å². The van der Waals surface area contributed by atoms with Gasteiger partial charge in [-0.25, -0.2) is 4.39 Å². The summed E-state index contributed by atoms with van der Waals surface area (Å²) in [4.78, 5) is 2.39. The molecular formula is C15H23FN2O. The molecule has 3 nitrogen and oxygen atoms in total. The maximum absolute atomic E-state index is 13.8. The molecule has 2 rings (SSSR count). The van der Waals surface area contributed by atoms with Crippen LogP contribution in [0.25, 0.3) is 0 Å². The lowest BCUT2D eigenvalue weighted by molar-refractivity contribution is -0.0192. The summed E-state index contributed by atoms with van der Waals surface area (Å²) in [5.41, 5.74) is 0.756. The Bertz CT molecular complexity index is 399. The molecule has 19 heavy (non-hydrogen) atoms. The Hall–Kier alpha value is -0.970. The largest absolute Gasteiger partial charge is 0.376 e. The van der Waals surface area contributed by atoms with Crippen molar-refractivity contribution in [3.63, 3.8) is 0 Å². The van der Waals surface area contributed by atoms with Crippen molar-refractivity contribution in [3.05, 3.63) is 35.6 Å². The summed E-state index contributed by atoms with van der Waals surface area (Å²) in [7, 11) is 1.89. The minimum Gasteiger partial charge on any atom is -0.376 e. The van der Waals surface area contributed by atoms with E-state index < -0.39 is 0 Å². The van der Waals surface area contributed by atoms with Crippen molar-refractivity contribution in [2.24, 2.45) is 0 Å². The first-order valence-corrected chi connectivity index (χ1v) is 6.96. The smallest absolute Gasteiger partial charge is 0.127 e. The lowest BCUT2D eigenvalue weighted by Crippen LogP contribution is -2.42. The van der Waals surface area contributed by atoms with Crippen LogP contribution in [0.4, 0.5) is 4.39 Å². The topological polar surface area (TPSA) is 24.5 Å². The molecule has 1 N–H and O–H groups in total. The van der Waals surface area contributed by atoms with Crippen LogP contribution in [0.1, 0.15) is 24.9 Å². The van der Waals surface area contributed by atoms with E-state index in [9.17, 15) is 4.39 Å². The van der Waals surface area contributed by atoms with E-state index >= 15 is 0 Å². The second kappa shape index (κ2) is 6.98. The number of hydrogen-bond donors (Lipinski definition) is 1. The van der Waals surface area contributed by atoms with Gasteiger partial charge >= 0.3 is 0 Å². The summed E-state index contributed by atoms with van der Waals surface area (Å²) in [5, 5.41) is 3.21. The SMILES string of the molecule is CNC(CCN1CCOC(C)C1)c1ccccc1F. The molecule has 1 fully saturated rings. The number of benzene rings is 1.